The minimum atomic E-state index is 0.143. The molecule has 0 bridgehead atoms. The van der Waals surface area contributed by atoms with Gasteiger partial charge < -0.3 is 9.80 Å². The van der Waals surface area contributed by atoms with E-state index in [2.05, 4.69) is 35.1 Å². The van der Waals surface area contributed by atoms with Gasteiger partial charge in [-0.1, -0.05) is 29.8 Å². The number of hydrogen-bond donors (Lipinski definition) is 0. The lowest BCUT2D eigenvalue weighted by Crippen LogP contribution is -2.50. The number of piperazine rings is 1. The zero-order valence-corrected chi connectivity index (χ0v) is 13.0. The standard InChI is InChI=1S/C17H20N4O/c1-13-4-3-5-15(8-13)10-21-7-6-20(11-17(21)22)16-9-14(2)18-12-19-16/h3-5,8-9,12H,6-7,10-11H2,1-2H3. The van der Waals surface area contributed by atoms with Gasteiger partial charge in [0.2, 0.25) is 5.91 Å². The summed E-state index contributed by atoms with van der Waals surface area (Å²) in [6.45, 7) is 6.57. The Balaban J connectivity index is 1.66. The van der Waals surface area contributed by atoms with Gasteiger partial charge in [0, 0.05) is 31.4 Å². The summed E-state index contributed by atoms with van der Waals surface area (Å²) in [4.78, 5) is 24.7. The summed E-state index contributed by atoms with van der Waals surface area (Å²) in [5.41, 5.74) is 3.32. The number of aromatic nitrogens is 2. The van der Waals surface area contributed by atoms with E-state index in [1.807, 2.05) is 28.9 Å². The molecular weight excluding hydrogens is 276 g/mol. The Kier molecular flexibility index (Phi) is 4.04. The van der Waals surface area contributed by atoms with E-state index in [1.54, 1.807) is 6.33 Å². The van der Waals surface area contributed by atoms with Crippen molar-refractivity contribution in [1.82, 2.24) is 14.9 Å². The second kappa shape index (κ2) is 6.13. The van der Waals surface area contributed by atoms with E-state index in [0.717, 1.165) is 24.6 Å². The summed E-state index contributed by atoms with van der Waals surface area (Å²) in [6.07, 6.45) is 1.55. The average molecular weight is 296 g/mol. The van der Waals surface area contributed by atoms with Crippen LogP contribution in [0.5, 0.6) is 0 Å². The number of hydrogen-bond acceptors (Lipinski definition) is 4. The van der Waals surface area contributed by atoms with Crippen molar-refractivity contribution in [3.63, 3.8) is 0 Å². The third-order valence-electron chi connectivity index (χ3n) is 3.89. The van der Waals surface area contributed by atoms with Gasteiger partial charge in [-0.2, -0.15) is 0 Å². The molecule has 0 atom stereocenters. The summed E-state index contributed by atoms with van der Waals surface area (Å²) >= 11 is 0. The van der Waals surface area contributed by atoms with Crippen LogP contribution in [0.2, 0.25) is 0 Å². The average Bonchev–Trinajstić information content (AvgIpc) is 2.49. The first kappa shape index (κ1) is 14.5. The Bertz CT molecular complexity index is 686. The Hall–Kier alpha value is -2.43. The van der Waals surface area contributed by atoms with Crippen LogP contribution < -0.4 is 4.90 Å². The molecule has 1 aliphatic rings. The molecule has 0 aliphatic carbocycles. The number of amides is 1. The van der Waals surface area contributed by atoms with E-state index in [4.69, 9.17) is 0 Å². The van der Waals surface area contributed by atoms with Gasteiger partial charge in [-0.15, -0.1) is 0 Å². The van der Waals surface area contributed by atoms with Crippen LogP contribution in [0.15, 0.2) is 36.7 Å². The summed E-state index contributed by atoms with van der Waals surface area (Å²) < 4.78 is 0. The Morgan fingerprint density at radius 1 is 1.14 bits per heavy atom. The maximum atomic E-state index is 12.4. The Morgan fingerprint density at radius 3 is 2.73 bits per heavy atom. The fourth-order valence-corrected chi connectivity index (χ4v) is 2.72. The van der Waals surface area contributed by atoms with Crippen molar-refractivity contribution in [1.29, 1.82) is 0 Å². The van der Waals surface area contributed by atoms with Crippen molar-refractivity contribution < 1.29 is 4.79 Å². The van der Waals surface area contributed by atoms with Crippen LogP contribution in [0.1, 0.15) is 16.8 Å². The van der Waals surface area contributed by atoms with Crippen LogP contribution in [-0.2, 0) is 11.3 Å². The largest absolute Gasteiger partial charge is 0.345 e. The number of carbonyl (C=O) groups excluding carboxylic acids is 1. The zero-order valence-electron chi connectivity index (χ0n) is 13.0. The lowest BCUT2D eigenvalue weighted by atomic mass is 10.1. The topological polar surface area (TPSA) is 49.3 Å². The zero-order chi connectivity index (χ0) is 15.5. The first-order valence-electron chi connectivity index (χ1n) is 7.49. The quantitative estimate of drug-likeness (QED) is 0.868. The molecule has 1 saturated heterocycles. The van der Waals surface area contributed by atoms with Gasteiger partial charge >= 0.3 is 0 Å². The molecule has 2 heterocycles. The van der Waals surface area contributed by atoms with Crippen molar-refractivity contribution in [3.05, 3.63) is 53.5 Å². The van der Waals surface area contributed by atoms with Crippen LogP contribution in [0.3, 0.4) is 0 Å². The lowest BCUT2D eigenvalue weighted by molar-refractivity contribution is -0.131. The molecule has 22 heavy (non-hydrogen) atoms. The lowest BCUT2D eigenvalue weighted by Gasteiger charge is -2.35. The minimum Gasteiger partial charge on any atom is -0.345 e. The van der Waals surface area contributed by atoms with Crippen molar-refractivity contribution in [2.24, 2.45) is 0 Å². The van der Waals surface area contributed by atoms with Gasteiger partial charge in [0.25, 0.3) is 0 Å². The van der Waals surface area contributed by atoms with E-state index in [1.165, 1.54) is 11.1 Å². The van der Waals surface area contributed by atoms with Crippen molar-refractivity contribution in [2.45, 2.75) is 20.4 Å². The van der Waals surface area contributed by atoms with Crippen LogP contribution >= 0.6 is 0 Å². The molecule has 0 unspecified atom stereocenters. The fraction of sp³-hybridized carbons (Fsp3) is 0.353. The molecule has 114 valence electrons. The van der Waals surface area contributed by atoms with Crippen LogP contribution in [0.25, 0.3) is 0 Å². The molecule has 0 N–H and O–H groups in total. The van der Waals surface area contributed by atoms with E-state index < -0.39 is 0 Å². The van der Waals surface area contributed by atoms with Gasteiger partial charge in [-0.25, -0.2) is 9.97 Å². The summed E-state index contributed by atoms with van der Waals surface area (Å²) in [7, 11) is 0. The van der Waals surface area contributed by atoms with E-state index in [9.17, 15) is 4.79 Å². The second-order valence-corrected chi connectivity index (χ2v) is 5.74. The first-order chi connectivity index (χ1) is 10.6. The van der Waals surface area contributed by atoms with E-state index in [0.29, 0.717) is 13.1 Å². The maximum Gasteiger partial charge on any atom is 0.242 e. The van der Waals surface area contributed by atoms with E-state index in [-0.39, 0.29) is 5.91 Å². The van der Waals surface area contributed by atoms with Gasteiger partial charge in [0.05, 0.1) is 6.54 Å². The predicted molar refractivity (Wildman–Crippen MR) is 85.6 cm³/mol. The number of nitrogens with zero attached hydrogens (tertiary/aromatic N) is 4. The van der Waals surface area contributed by atoms with Crippen LogP contribution in [0.4, 0.5) is 5.82 Å². The fourth-order valence-electron chi connectivity index (χ4n) is 2.72. The van der Waals surface area contributed by atoms with Crippen molar-refractivity contribution in [3.8, 4) is 0 Å². The molecule has 0 spiro atoms. The molecule has 0 radical (unpaired) electrons. The second-order valence-electron chi connectivity index (χ2n) is 5.74. The predicted octanol–water partition coefficient (Wildman–Crippen LogP) is 1.94. The summed E-state index contributed by atoms with van der Waals surface area (Å²) in [5.74, 6) is 0.972. The molecule has 2 aromatic rings. The molecule has 1 aliphatic heterocycles. The number of rotatable bonds is 3. The molecule has 3 rings (SSSR count). The molecule has 1 aromatic heterocycles. The van der Waals surface area contributed by atoms with Gasteiger partial charge in [0.15, 0.2) is 0 Å². The normalized spacial score (nSPS) is 15.3. The highest BCUT2D eigenvalue weighted by molar-refractivity contribution is 5.82. The summed E-state index contributed by atoms with van der Waals surface area (Å²) in [5, 5.41) is 0. The summed E-state index contributed by atoms with van der Waals surface area (Å²) in [6, 6.07) is 10.2. The van der Waals surface area contributed by atoms with Gasteiger partial charge in [-0.05, 0) is 19.4 Å². The van der Waals surface area contributed by atoms with Crippen LogP contribution in [-0.4, -0.2) is 40.4 Å². The van der Waals surface area contributed by atoms with Crippen LogP contribution in [0, 0.1) is 13.8 Å². The highest BCUT2D eigenvalue weighted by Crippen LogP contribution is 2.16. The third-order valence-corrected chi connectivity index (χ3v) is 3.89. The monoisotopic (exact) mass is 296 g/mol. The number of aryl methyl sites for hydroxylation is 2. The molecule has 0 saturated carbocycles. The van der Waals surface area contributed by atoms with Gasteiger partial charge in [-0.3, -0.25) is 4.79 Å². The smallest absolute Gasteiger partial charge is 0.242 e. The third kappa shape index (κ3) is 3.24. The highest BCUT2D eigenvalue weighted by Gasteiger charge is 2.24. The molecule has 5 nitrogen and oxygen atoms in total. The van der Waals surface area contributed by atoms with E-state index >= 15 is 0 Å². The Morgan fingerprint density at radius 2 is 2.00 bits per heavy atom. The van der Waals surface area contributed by atoms with Gasteiger partial charge in [0.1, 0.15) is 12.1 Å². The van der Waals surface area contributed by atoms with Crippen molar-refractivity contribution in [2.75, 3.05) is 24.5 Å². The highest BCUT2D eigenvalue weighted by atomic mass is 16.2. The molecule has 1 amide bonds. The first-order valence-corrected chi connectivity index (χ1v) is 7.49. The molecule has 1 aromatic carbocycles. The Labute approximate surface area is 130 Å². The van der Waals surface area contributed by atoms with Crippen molar-refractivity contribution >= 4 is 11.7 Å². The SMILES string of the molecule is Cc1cccc(CN2CCN(c3cc(C)ncn3)CC2=O)c1. The number of carbonyl (C=O) groups is 1. The number of benzene rings is 1. The number of anilines is 1. The molecule has 1 fully saturated rings. The molecular formula is C17H20N4O. The molecule has 5 heteroatoms. The minimum absolute atomic E-state index is 0.143. The maximum absolute atomic E-state index is 12.4.